The smallest absolute Gasteiger partial charge is 0.291 e. The minimum Gasteiger partial charge on any atom is -0.354 e. The van der Waals surface area contributed by atoms with Gasteiger partial charge in [0.15, 0.2) is 0 Å². The fraction of sp³-hybridized carbons (Fsp3) is 0.333. The number of hydrogen-bond acceptors (Lipinski definition) is 5. The Hall–Kier alpha value is -2.94. The molecule has 0 unspecified atom stereocenters. The first-order valence-corrected chi connectivity index (χ1v) is 9.64. The maximum absolute atomic E-state index is 12.7. The second-order valence-corrected chi connectivity index (χ2v) is 7.37. The van der Waals surface area contributed by atoms with E-state index in [1.54, 1.807) is 11.3 Å². The Kier molecular flexibility index (Phi) is 4.53. The summed E-state index contributed by atoms with van der Waals surface area (Å²) in [5, 5.41) is 14.5. The van der Waals surface area contributed by atoms with E-state index in [0.717, 1.165) is 28.9 Å². The molecule has 4 heterocycles. The lowest BCUT2D eigenvalue weighted by Gasteiger charge is -2.09. The van der Waals surface area contributed by atoms with Gasteiger partial charge in [-0.2, -0.15) is 10.2 Å². The summed E-state index contributed by atoms with van der Waals surface area (Å²) in [6.45, 7) is 4.95. The minimum atomic E-state index is -0.258. The summed E-state index contributed by atoms with van der Waals surface area (Å²) >= 11 is 1.57. The molecule has 0 aliphatic rings. The van der Waals surface area contributed by atoms with E-state index in [4.69, 9.17) is 0 Å². The number of carbonyl (C=O) groups is 1. The van der Waals surface area contributed by atoms with Crippen molar-refractivity contribution in [2.75, 3.05) is 6.54 Å². The molecule has 27 heavy (non-hydrogen) atoms. The molecule has 0 atom stereocenters. The highest BCUT2D eigenvalue weighted by atomic mass is 32.1. The molecule has 0 fully saturated rings. The zero-order valence-electron chi connectivity index (χ0n) is 15.2. The Labute approximate surface area is 159 Å². The molecule has 0 aliphatic heterocycles. The molecule has 0 spiro atoms. The van der Waals surface area contributed by atoms with Gasteiger partial charge in [0.05, 0.1) is 5.69 Å². The number of nitrogens with zero attached hydrogens (tertiary/aromatic N) is 5. The maximum Gasteiger partial charge on any atom is 0.291 e. The standard InChI is InChI=1S/C18H20N6O2S/c1-12-4-8-22(20-12)7-3-6-19-16(25)11-23-17(26)15-10-14-5-9-27-18(14)24(15)13(2)21-23/h4-5,8-10H,3,6-7,11H2,1-2H3,(H,19,25). The minimum absolute atomic E-state index is 0.0874. The average molecular weight is 384 g/mol. The van der Waals surface area contributed by atoms with Gasteiger partial charge in [-0.3, -0.25) is 18.7 Å². The van der Waals surface area contributed by atoms with Crippen molar-refractivity contribution in [3.63, 3.8) is 0 Å². The van der Waals surface area contributed by atoms with Gasteiger partial charge in [-0.25, -0.2) is 4.68 Å². The van der Waals surface area contributed by atoms with Crippen LogP contribution in [0.15, 0.2) is 34.6 Å². The van der Waals surface area contributed by atoms with Crippen LogP contribution < -0.4 is 10.9 Å². The quantitative estimate of drug-likeness (QED) is 0.513. The van der Waals surface area contributed by atoms with Gasteiger partial charge < -0.3 is 5.32 Å². The first-order valence-electron chi connectivity index (χ1n) is 8.76. The first-order chi connectivity index (χ1) is 13.0. The summed E-state index contributed by atoms with van der Waals surface area (Å²) in [5.74, 6) is 0.460. The second-order valence-electron chi connectivity index (χ2n) is 6.48. The zero-order chi connectivity index (χ0) is 19.0. The van der Waals surface area contributed by atoms with Crippen LogP contribution in [0.3, 0.4) is 0 Å². The van der Waals surface area contributed by atoms with E-state index in [2.05, 4.69) is 15.5 Å². The van der Waals surface area contributed by atoms with Gasteiger partial charge in [-0.05, 0) is 43.8 Å². The number of aromatic nitrogens is 5. The van der Waals surface area contributed by atoms with Crippen molar-refractivity contribution in [1.82, 2.24) is 29.3 Å². The molecule has 0 radical (unpaired) electrons. The lowest BCUT2D eigenvalue weighted by Crippen LogP contribution is -2.35. The van der Waals surface area contributed by atoms with Crippen molar-refractivity contribution in [1.29, 1.82) is 0 Å². The van der Waals surface area contributed by atoms with E-state index < -0.39 is 0 Å². The van der Waals surface area contributed by atoms with Gasteiger partial charge in [-0.15, -0.1) is 11.3 Å². The van der Waals surface area contributed by atoms with Gasteiger partial charge in [0.25, 0.3) is 5.56 Å². The monoisotopic (exact) mass is 384 g/mol. The van der Waals surface area contributed by atoms with Crippen molar-refractivity contribution in [2.45, 2.75) is 33.4 Å². The van der Waals surface area contributed by atoms with Crippen LogP contribution in [0.5, 0.6) is 0 Å². The van der Waals surface area contributed by atoms with Crippen LogP contribution in [0.2, 0.25) is 0 Å². The van der Waals surface area contributed by atoms with Crippen molar-refractivity contribution >= 4 is 33.0 Å². The molecule has 8 nitrogen and oxygen atoms in total. The van der Waals surface area contributed by atoms with Crippen molar-refractivity contribution in [3.05, 3.63) is 51.6 Å². The predicted octanol–water partition coefficient (Wildman–Crippen LogP) is 1.73. The molecule has 1 amide bonds. The van der Waals surface area contributed by atoms with E-state index in [-0.39, 0.29) is 18.0 Å². The molecule has 0 aliphatic carbocycles. The van der Waals surface area contributed by atoms with Gasteiger partial charge >= 0.3 is 0 Å². The number of hydrogen-bond donors (Lipinski definition) is 1. The Bertz CT molecular complexity index is 1180. The number of fused-ring (bicyclic) bond motifs is 3. The summed E-state index contributed by atoms with van der Waals surface area (Å²) in [5.41, 5.74) is 1.26. The van der Waals surface area contributed by atoms with Crippen molar-refractivity contribution in [3.8, 4) is 0 Å². The Morgan fingerprint density at radius 3 is 2.89 bits per heavy atom. The number of thiophene rings is 1. The highest BCUT2D eigenvalue weighted by molar-refractivity contribution is 7.16. The van der Waals surface area contributed by atoms with Crippen LogP contribution in [0.1, 0.15) is 17.9 Å². The molecule has 4 aromatic rings. The van der Waals surface area contributed by atoms with E-state index in [1.165, 1.54) is 4.68 Å². The third kappa shape index (κ3) is 3.37. The van der Waals surface area contributed by atoms with Gasteiger partial charge in [-0.1, -0.05) is 0 Å². The van der Waals surface area contributed by atoms with Gasteiger partial charge in [0.1, 0.15) is 22.7 Å². The topological polar surface area (TPSA) is 86.2 Å². The summed E-state index contributed by atoms with van der Waals surface area (Å²) in [7, 11) is 0. The van der Waals surface area contributed by atoms with Crippen molar-refractivity contribution < 1.29 is 4.79 Å². The fourth-order valence-electron chi connectivity index (χ4n) is 3.16. The first kappa shape index (κ1) is 17.5. The van der Waals surface area contributed by atoms with E-state index in [9.17, 15) is 9.59 Å². The van der Waals surface area contributed by atoms with Crippen LogP contribution in [0.4, 0.5) is 0 Å². The summed E-state index contributed by atoms with van der Waals surface area (Å²) in [6, 6.07) is 5.77. The number of carbonyl (C=O) groups excluding carboxylic acids is 1. The summed E-state index contributed by atoms with van der Waals surface area (Å²) in [6.07, 6.45) is 2.68. The Morgan fingerprint density at radius 2 is 2.11 bits per heavy atom. The van der Waals surface area contributed by atoms with E-state index in [1.807, 2.05) is 52.7 Å². The fourth-order valence-corrected chi connectivity index (χ4v) is 4.10. The molecule has 9 heteroatoms. The highest BCUT2D eigenvalue weighted by Gasteiger charge is 2.14. The van der Waals surface area contributed by atoms with Gasteiger partial charge in [0, 0.05) is 24.7 Å². The van der Waals surface area contributed by atoms with E-state index >= 15 is 0 Å². The van der Waals surface area contributed by atoms with Crippen molar-refractivity contribution in [2.24, 2.45) is 0 Å². The largest absolute Gasteiger partial charge is 0.354 e. The number of aryl methyl sites for hydroxylation is 3. The van der Waals surface area contributed by atoms with Crippen LogP contribution >= 0.6 is 11.3 Å². The predicted molar refractivity (Wildman–Crippen MR) is 104 cm³/mol. The number of nitrogens with one attached hydrogen (secondary N) is 1. The van der Waals surface area contributed by atoms with Gasteiger partial charge in [0.2, 0.25) is 5.91 Å². The zero-order valence-corrected chi connectivity index (χ0v) is 16.0. The third-order valence-corrected chi connectivity index (χ3v) is 5.32. The average Bonchev–Trinajstić information content (AvgIpc) is 3.32. The maximum atomic E-state index is 12.7. The molecule has 140 valence electrons. The number of amides is 1. The Morgan fingerprint density at radius 1 is 1.26 bits per heavy atom. The summed E-state index contributed by atoms with van der Waals surface area (Å²) in [4.78, 5) is 25.9. The third-order valence-electron chi connectivity index (χ3n) is 4.41. The molecule has 1 N–H and O–H groups in total. The van der Waals surface area contributed by atoms with Crippen LogP contribution in [-0.2, 0) is 17.9 Å². The SMILES string of the molecule is Cc1ccn(CCCNC(=O)Cn2nc(C)n3c(cc4ccsc43)c2=O)n1. The molecule has 0 aromatic carbocycles. The normalized spacial score (nSPS) is 11.5. The van der Waals surface area contributed by atoms with E-state index in [0.29, 0.717) is 17.9 Å². The highest BCUT2D eigenvalue weighted by Crippen LogP contribution is 2.24. The molecule has 4 rings (SSSR count). The van der Waals surface area contributed by atoms with Crippen LogP contribution in [0.25, 0.3) is 15.7 Å². The number of rotatable bonds is 6. The van der Waals surface area contributed by atoms with Crippen LogP contribution in [0, 0.1) is 13.8 Å². The lowest BCUT2D eigenvalue weighted by atomic mass is 10.4. The molecular weight excluding hydrogens is 364 g/mol. The molecule has 4 aromatic heterocycles. The van der Waals surface area contributed by atoms with Crippen LogP contribution in [-0.4, -0.2) is 36.4 Å². The second kappa shape index (κ2) is 6.99. The molecule has 0 saturated carbocycles. The Balaban J connectivity index is 1.42. The summed E-state index contributed by atoms with van der Waals surface area (Å²) < 4.78 is 4.94. The molecule has 0 saturated heterocycles. The molecular formula is C18H20N6O2S. The molecule has 0 bridgehead atoms. The lowest BCUT2D eigenvalue weighted by molar-refractivity contribution is -0.121.